The zero-order valence-electron chi connectivity index (χ0n) is 16.6. The Balaban J connectivity index is 1.51. The normalized spacial score (nSPS) is 18.0. The first-order valence-corrected chi connectivity index (χ1v) is 11.4. The van der Waals surface area contributed by atoms with Crippen LogP contribution < -0.4 is 14.5 Å². The van der Waals surface area contributed by atoms with Crippen molar-refractivity contribution in [1.82, 2.24) is 9.29 Å². The second-order valence-electron chi connectivity index (χ2n) is 7.29. The van der Waals surface area contributed by atoms with Crippen LogP contribution in [0.1, 0.15) is 5.69 Å². The van der Waals surface area contributed by atoms with Crippen LogP contribution in [-0.4, -0.2) is 64.1 Å². The molecule has 1 fully saturated rings. The number of pyridine rings is 1. The van der Waals surface area contributed by atoms with E-state index in [0.29, 0.717) is 18.9 Å². The minimum Gasteiger partial charge on any atom is -0.490 e. The summed E-state index contributed by atoms with van der Waals surface area (Å²) >= 11 is 6.06. The first-order chi connectivity index (χ1) is 14.6. The van der Waals surface area contributed by atoms with E-state index in [9.17, 15) is 21.6 Å². The number of likely N-dealkylation sites (N-methyl/N-ethyl adjacent to an activating group) is 1. The highest BCUT2D eigenvalue weighted by molar-refractivity contribution is 7.89. The number of hydrogen-bond donors (Lipinski definition) is 0. The van der Waals surface area contributed by atoms with Crippen LogP contribution in [0.4, 0.5) is 24.7 Å². The Labute approximate surface area is 183 Å². The number of aromatic nitrogens is 1. The van der Waals surface area contributed by atoms with Crippen LogP contribution in [0.5, 0.6) is 5.75 Å². The molecule has 1 aromatic carbocycles. The number of nitrogens with zero attached hydrogens (tertiary/aromatic N) is 4. The van der Waals surface area contributed by atoms with Gasteiger partial charge in [0.25, 0.3) is 0 Å². The molecule has 4 rings (SSSR count). The Kier molecular flexibility index (Phi) is 5.69. The van der Waals surface area contributed by atoms with E-state index in [1.54, 1.807) is 11.0 Å². The lowest BCUT2D eigenvalue weighted by molar-refractivity contribution is -0.141. The van der Waals surface area contributed by atoms with Crippen molar-refractivity contribution in [2.75, 3.05) is 56.2 Å². The van der Waals surface area contributed by atoms with Gasteiger partial charge >= 0.3 is 6.18 Å². The highest BCUT2D eigenvalue weighted by Gasteiger charge is 2.35. The largest absolute Gasteiger partial charge is 0.490 e. The van der Waals surface area contributed by atoms with Gasteiger partial charge in [0.15, 0.2) is 0 Å². The van der Waals surface area contributed by atoms with Gasteiger partial charge in [-0.15, -0.1) is 0 Å². The van der Waals surface area contributed by atoms with Crippen molar-refractivity contribution in [2.24, 2.45) is 0 Å². The standard InChI is InChI=1S/C19H20ClF3N4O3S/c1-25-10-11-30-16-12-13(2-4-15(16)25)31(28,29)27-8-6-26(7-9-27)18-14(20)3-5-17(24-18)19(21,22)23/h2-5,12H,6-11H2,1H3. The predicted molar refractivity (Wildman–Crippen MR) is 110 cm³/mol. The minimum atomic E-state index is -4.59. The zero-order chi connectivity index (χ0) is 22.4. The second kappa shape index (κ2) is 8.03. The van der Waals surface area contributed by atoms with E-state index >= 15 is 0 Å². The van der Waals surface area contributed by atoms with Crippen LogP contribution >= 0.6 is 11.6 Å². The smallest absolute Gasteiger partial charge is 0.433 e. The molecule has 0 spiro atoms. The molecule has 0 aliphatic carbocycles. The summed E-state index contributed by atoms with van der Waals surface area (Å²) in [4.78, 5) is 7.31. The van der Waals surface area contributed by atoms with Crippen molar-refractivity contribution in [3.8, 4) is 5.75 Å². The third-order valence-electron chi connectivity index (χ3n) is 5.32. The summed E-state index contributed by atoms with van der Waals surface area (Å²) in [5.41, 5.74) is -0.221. The number of hydrogen-bond acceptors (Lipinski definition) is 6. The summed E-state index contributed by atoms with van der Waals surface area (Å²) in [5, 5.41) is 0.0836. The molecule has 168 valence electrons. The van der Waals surface area contributed by atoms with E-state index in [-0.39, 0.29) is 41.9 Å². The van der Waals surface area contributed by atoms with Gasteiger partial charge in [-0.2, -0.15) is 17.5 Å². The second-order valence-corrected chi connectivity index (χ2v) is 9.64. The summed E-state index contributed by atoms with van der Waals surface area (Å²) in [7, 11) is -1.88. The van der Waals surface area contributed by atoms with E-state index < -0.39 is 21.9 Å². The number of halogens is 4. The lowest BCUT2D eigenvalue weighted by Crippen LogP contribution is -2.49. The molecule has 1 saturated heterocycles. The van der Waals surface area contributed by atoms with Crippen molar-refractivity contribution < 1.29 is 26.3 Å². The van der Waals surface area contributed by atoms with Crippen LogP contribution in [0.3, 0.4) is 0 Å². The van der Waals surface area contributed by atoms with Crippen LogP contribution in [0, 0.1) is 0 Å². The van der Waals surface area contributed by atoms with Gasteiger partial charge in [-0.05, 0) is 24.3 Å². The Bertz CT molecular complexity index is 1090. The highest BCUT2D eigenvalue weighted by Crippen LogP contribution is 2.35. The third-order valence-corrected chi connectivity index (χ3v) is 7.51. The summed E-state index contributed by atoms with van der Waals surface area (Å²) in [6.07, 6.45) is -4.59. The fraction of sp³-hybridized carbons (Fsp3) is 0.421. The molecular weight excluding hydrogens is 457 g/mol. The molecule has 31 heavy (non-hydrogen) atoms. The number of benzene rings is 1. The van der Waals surface area contributed by atoms with Crippen molar-refractivity contribution in [3.63, 3.8) is 0 Å². The minimum absolute atomic E-state index is 0.00115. The summed E-state index contributed by atoms with van der Waals surface area (Å²) in [6.45, 7) is 1.70. The maximum absolute atomic E-state index is 13.1. The zero-order valence-corrected chi connectivity index (χ0v) is 18.1. The molecule has 0 unspecified atom stereocenters. The molecule has 1 aromatic heterocycles. The average molecular weight is 477 g/mol. The first kappa shape index (κ1) is 22.0. The lowest BCUT2D eigenvalue weighted by atomic mass is 10.2. The molecule has 2 aliphatic rings. The topological polar surface area (TPSA) is 66.0 Å². The molecular formula is C19H20ClF3N4O3S. The number of alkyl halides is 3. The molecule has 0 radical (unpaired) electrons. The number of sulfonamides is 1. The van der Waals surface area contributed by atoms with E-state index in [4.69, 9.17) is 16.3 Å². The van der Waals surface area contributed by atoms with Crippen LogP contribution in [0.25, 0.3) is 0 Å². The van der Waals surface area contributed by atoms with Crippen LogP contribution in [-0.2, 0) is 16.2 Å². The fourth-order valence-corrected chi connectivity index (χ4v) is 5.26. The molecule has 0 N–H and O–H groups in total. The van der Waals surface area contributed by atoms with Gasteiger partial charge in [0.05, 0.1) is 22.2 Å². The summed E-state index contributed by atoms with van der Waals surface area (Å²) < 4.78 is 72.1. The Morgan fingerprint density at radius 2 is 1.77 bits per heavy atom. The Morgan fingerprint density at radius 3 is 2.45 bits per heavy atom. The van der Waals surface area contributed by atoms with Crippen molar-refractivity contribution >= 4 is 33.1 Å². The summed E-state index contributed by atoms with van der Waals surface area (Å²) in [6, 6.07) is 6.74. The van der Waals surface area contributed by atoms with Crippen molar-refractivity contribution in [3.05, 3.63) is 41.0 Å². The number of rotatable bonds is 3. The Morgan fingerprint density at radius 1 is 1.06 bits per heavy atom. The number of fused-ring (bicyclic) bond motifs is 1. The number of anilines is 2. The van der Waals surface area contributed by atoms with Crippen LogP contribution in [0.15, 0.2) is 35.2 Å². The molecule has 2 aliphatic heterocycles. The number of ether oxygens (including phenoxy) is 1. The molecule has 7 nitrogen and oxygen atoms in total. The summed E-state index contributed by atoms with van der Waals surface area (Å²) in [5.74, 6) is 0.507. The van der Waals surface area contributed by atoms with Crippen molar-refractivity contribution in [1.29, 1.82) is 0 Å². The van der Waals surface area contributed by atoms with Gasteiger partial charge in [0, 0.05) is 39.3 Å². The van der Waals surface area contributed by atoms with Crippen LogP contribution in [0.2, 0.25) is 5.02 Å². The monoisotopic (exact) mass is 476 g/mol. The van der Waals surface area contributed by atoms with E-state index in [1.165, 1.54) is 16.4 Å². The van der Waals surface area contributed by atoms with E-state index in [0.717, 1.165) is 17.8 Å². The van der Waals surface area contributed by atoms with E-state index in [1.807, 2.05) is 11.9 Å². The molecule has 0 bridgehead atoms. The highest BCUT2D eigenvalue weighted by atomic mass is 35.5. The fourth-order valence-electron chi connectivity index (χ4n) is 3.60. The van der Waals surface area contributed by atoms with Gasteiger partial charge < -0.3 is 14.5 Å². The molecule has 3 heterocycles. The maximum Gasteiger partial charge on any atom is 0.433 e. The third kappa shape index (κ3) is 4.26. The van der Waals surface area contributed by atoms with E-state index in [2.05, 4.69) is 4.98 Å². The molecule has 12 heteroatoms. The Hall–Kier alpha value is -2.24. The molecule has 2 aromatic rings. The SMILES string of the molecule is CN1CCOc2cc(S(=O)(=O)N3CCN(c4nc(C(F)(F)F)ccc4Cl)CC3)ccc21. The number of piperazine rings is 1. The predicted octanol–water partition coefficient (Wildman–Crippen LogP) is 3.09. The first-order valence-electron chi connectivity index (χ1n) is 9.54. The molecule has 0 amide bonds. The van der Waals surface area contributed by atoms with Gasteiger partial charge in [0.1, 0.15) is 23.9 Å². The van der Waals surface area contributed by atoms with Crippen molar-refractivity contribution in [2.45, 2.75) is 11.1 Å². The average Bonchev–Trinajstić information content (AvgIpc) is 2.73. The molecule has 0 atom stereocenters. The van der Waals surface area contributed by atoms with Gasteiger partial charge in [-0.1, -0.05) is 11.6 Å². The van der Waals surface area contributed by atoms with Gasteiger partial charge in [-0.3, -0.25) is 0 Å². The molecule has 0 saturated carbocycles. The quantitative estimate of drug-likeness (QED) is 0.678. The van der Waals surface area contributed by atoms with Gasteiger partial charge in [-0.25, -0.2) is 13.4 Å². The maximum atomic E-state index is 13.1. The van der Waals surface area contributed by atoms with Gasteiger partial charge in [0.2, 0.25) is 10.0 Å². The lowest BCUT2D eigenvalue weighted by Gasteiger charge is -2.35.